The molecule has 1 aromatic heterocycles. The number of amides is 1. The van der Waals surface area contributed by atoms with Crippen LogP contribution in [0.4, 0.5) is 0 Å². The number of ether oxygens (including phenoxy) is 1. The minimum absolute atomic E-state index is 0.0536. The van der Waals surface area contributed by atoms with Gasteiger partial charge in [-0.25, -0.2) is 4.68 Å². The van der Waals surface area contributed by atoms with Gasteiger partial charge in [0.2, 0.25) is 0 Å². The molecule has 0 aliphatic carbocycles. The Labute approximate surface area is 145 Å². The number of aryl methyl sites for hydroxylation is 1. The maximum atomic E-state index is 12.6. The number of rotatable bonds is 3. The summed E-state index contributed by atoms with van der Waals surface area (Å²) in [5.74, 6) is -0.106. The smallest absolute Gasteiger partial charge is 0.255 e. The monoisotopic (exact) mass is 346 g/mol. The Morgan fingerprint density at radius 3 is 2.79 bits per heavy atom. The fourth-order valence-electron chi connectivity index (χ4n) is 3.26. The van der Waals surface area contributed by atoms with Gasteiger partial charge in [-0.3, -0.25) is 4.79 Å². The van der Waals surface area contributed by atoms with E-state index in [1.54, 1.807) is 23.0 Å². The number of aromatic nitrogens is 2. The lowest BCUT2D eigenvalue weighted by atomic mass is 9.92. The third kappa shape index (κ3) is 2.81. The van der Waals surface area contributed by atoms with Crippen LogP contribution in [0.25, 0.3) is 5.69 Å². The zero-order valence-electron chi connectivity index (χ0n) is 13.4. The number of halogens is 1. The molecule has 2 aromatic rings. The molecule has 1 unspecified atom stereocenters. The van der Waals surface area contributed by atoms with E-state index in [4.69, 9.17) is 16.3 Å². The van der Waals surface area contributed by atoms with Gasteiger partial charge in [-0.2, -0.15) is 5.10 Å². The molecule has 0 radical (unpaired) electrons. The molecule has 0 bridgehead atoms. The lowest BCUT2D eigenvalue weighted by molar-refractivity contribution is -0.0360. The third-order valence-electron chi connectivity index (χ3n) is 4.67. The average molecular weight is 347 g/mol. The van der Waals surface area contributed by atoms with E-state index in [0.717, 1.165) is 25.2 Å². The molecule has 1 atom stereocenters. The maximum absolute atomic E-state index is 12.6. The van der Waals surface area contributed by atoms with Gasteiger partial charge in [-0.1, -0.05) is 11.6 Å². The summed E-state index contributed by atoms with van der Waals surface area (Å²) in [6.45, 7) is 4.14. The van der Waals surface area contributed by atoms with E-state index in [-0.39, 0.29) is 17.6 Å². The Morgan fingerprint density at radius 1 is 1.42 bits per heavy atom. The van der Waals surface area contributed by atoms with Crippen LogP contribution < -0.4 is 10.6 Å². The van der Waals surface area contributed by atoms with E-state index >= 15 is 0 Å². The molecule has 1 aromatic carbocycles. The van der Waals surface area contributed by atoms with Crippen LogP contribution in [0, 0.1) is 6.92 Å². The minimum atomic E-state index is -0.106. The highest BCUT2D eigenvalue weighted by molar-refractivity contribution is 6.30. The van der Waals surface area contributed by atoms with E-state index in [2.05, 4.69) is 15.7 Å². The number of carbonyl (C=O) groups excluding carboxylic acids is 1. The Bertz CT molecular complexity index is 767. The summed E-state index contributed by atoms with van der Waals surface area (Å²) in [4.78, 5) is 12.6. The molecule has 126 valence electrons. The van der Waals surface area contributed by atoms with Crippen LogP contribution in [-0.4, -0.2) is 47.0 Å². The van der Waals surface area contributed by atoms with Crippen molar-refractivity contribution in [1.82, 2.24) is 20.4 Å². The summed E-state index contributed by atoms with van der Waals surface area (Å²) < 4.78 is 7.53. The predicted octanol–water partition coefficient (Wildman–Crippen LogP) is 1.69. The molecule has 2 N–H and O–H groups in total. The fourth-order valence-corrected chi connectivity index (χ4v) is 3.39. The normalized spacial score (nSPS) is 21.7. The number of hydrogen-bond acceptors (Lipinski definition) is 4. The molecule has 7 heteroatoms. The SMILES string of the molecule is Cc1nn(-c2ccc(Cl)cc2)cc1C(=O)NC1COC2(CNC2)C1. The van der Waals surface area contributed by atoms with E-state index in [9.17, 15) is 4.79 Å². The average Bonchev–Trinajstić information content (AvgIpc) is 3.12. The van der Waals surface area contributed by atoms with Crippen molar-refractivity contribution in [3.05, 3.63) is 46.7 Å². The van der Waals surface area contributed by atoms with Crippen LogP contribution in [0.15, 0.2) is 30.5 Å². The second-order valence-corrected chi connectivity index (χ2v) is 6.96. The molecule has 0 saturated carbocycles. The first-order valence-corrected chi connectivity index (χ1v) is 8.40. The summed E-state index contributed by atoms with van der Waals surface area (Å²) in [6, 6.07) is 7.40. The molecule has 3 heterocycles. The molecule has 1 spiro atoms. The van der Waals surface area contributed by atoms with Crippen LogP contribution in [0.1, 0.15) is 22.5 Å². The van der Waals surface area contributed by atoms with Gasteiger partial charge >= 0.3 is 0 Å². The van der Waals surface area contributed by atoms with E-state index in [1.165, 1.54) is 0 Å². The molecule has 4 rings (SSSR count). The molecular formula is C17H19ClN4O2. The molecule has 2 aliphatic rings. The second kappa shape index (κ2) is 5.88. The number of nitrogens with one attached hydrogen (secondary N) is 2. The highest BCUT2D eigenvalue weighted by Crippen LogP contribution is 2.29. The second-order valence-electron chi connectivity index (χ2n) is 6.52. The summed E-state index contributed by atoms with van der Waals surface area (Å²) in [7, 11) is 0. The minimum Gasteiger partial charge on any atom is -0.370 e. The van der Waals surface area contributed by atoms with Gasteiger partial charge in [0.1, 0.15) is 0 Å². The summed E-state index contributed by atoms with van der Waals surface area (Å²) in [5.41, 5.74) is 2.07. The van der Waals surface area contributed by atoms with Crippen molar-refractivity contribution in [2.75, 3.05) is 19.7 Å². The zero-order chi connectivity index (χ0) is 16.7. The summed E-state index contributed by atoms with van der Waals surface area (Å²) >= 11 is 5.91. The van der Waals surface area contributed by atoms with Crippen LogP contribution in [-0.2, 0) is 4.74 Å². The molecule has 6 nitrogen and oxygen atoms in total. The van der Waals surface area contributed by atoms with Crippen molar-refractivity contribution in [3.8, 4) is 5.69 Å². The van der Waals surface area contributed by atoms with E-state index < -0.39 is 0 Å². The maximum Gasteiger partial charge on any atom is 0.255 e. The molecule has 1 amide bonds. The van der Waals surface area contributed by atoms with Crippen molar-refractivity contribution in [1.29, 1.82) is 0 Å². The Balaban J connectivity index is 1.47. The number of hydrogen-bond donors (Lipinski definition) is 2. The summed E-state index contributed by atoms with van der Waals surface area (Å²) in [6.07, 6.45) is 2.61. The first kappa shape index (κ1) is 15.6. The lowest BCUT2D eigenvalue weighted by Gasteiger charge is -2.38. The highest BCUT2D eigenvalue weighted by Gasteiger charge is 2.45. The molecule has 24 heavy (non-hydrogen) atoms. The van der Waals surface area contributed by atoms with Gasteiger partial charge in [0.25, 0.3) is 5.91 Å². The van der Waals surface area contributed by atoms with Gasteiger partial charge in [0.05, 0.1) is 35.2 Å². The van der Waals surface area contributed by atoms with Crippen molar-refractivity contribution in [3.63, 3.8) is 0 Å². The van der Waals surface area contributed by atoms with Crippen molar-refractivity contribution in [2.24, 2.45) is 0 Å². The fraction of sp³-hybridized carbons (Fsp3) is 0.412. The quantitative estimate of drug-likeness (QED) is 0.887. The highest BCUT2D eigenvalue weighted by atomic mass is 35.5. The molecular weight excluding hydrogens is 328 g/mol. The van der Waals surface area contributed by atoms with Gasteiger partial charge in [0, 0.05) is 30.7 Å². The van der Waals surface area contributed by atoms with Gasteiger partial charge in [-0.15, -0.1) is 0 Å². The number of carbonyl (C=O) groups is 1. The summed E-state index contributed by atoms with van der Waals surface area (Å²) in [5, 5.41) is 11.4. The van der Waals surface area contributed by atoms with Crippen LogP contribution in [0.5, 0.6) is 0 Å². The first-order valence-electron chi connectivity index (χ1n) is 8.02. The standard InChI is InChI=1S/C17H19ClN4O2/c1-11-15(7-22(21-11)14-4-2-12(18)3-5-14)16(23)20-13-6-17(24-8-13)9-19-10-17/h2-5,7,13,19H,6,8-10H2,1H3,(H,20,23). The molecule has 2 saturated heterocycles. The lowest BCUT2D eigenvalue weighted by Crippen LogP contribution is -2.59. The van der Waals surface area contributed by atoms with E-state index in [0.29, 0.717) is 22.9 Å². The predicted molar refractivity (Wildman–Crippen MR) is 90.7 cm³/mol. The van der Waals surface area contributed by atoms with Crippen LogP contribution in [0.3, 0.4) is 0 Å². The Kier molecular flexibility index (Phi) is 3.83. The number of benzene rings is 1. The van der Waals surface area contributed by atoms with Crippen molar-refractivity contribution < 1.29 is 9.53 Å². The molecule has 2 fully saturated rings. The van der Waals surface area contributed by atoms with Gasteiger partial charge in [0.15, 0.2) is 0 Å². The van der Waals surface area contributed by atoms with Crippen LogP contribution in [0.2, 0.25) is 5.02 Å². The zero-order valence-corrected chi connectivity index (χ0v) is 14.1. The van der Waals surface area contributed by atoms with Gasteiger partial charge in [-0.05, 0) is 31.2 Å². The molecule has 2 aliphatic heterocycles. The topological polar surface area (TPSA) is 68.2 Å². The van der Waals surface area contributed by atoms with Crippen molar-refractivity contribution >= 4 is 17.5 Å². The number of nitrogens with zero attached hydrogens (tertiary/aromatic N) is 2. The van der Waals surface area contributed by atoms with Crippen molar-refractivity contribution in [2.45, 2.75) is 25.0 Å². The Hall–Kier alpha value is -1.89. The third-order valence-corrected chi connectivity index (χ3v) is 4.93. The largest absolute Gasteiger partial charge is 0.370 e. The van der Waals surface area contributed by atoms with Crippen LogP contribution >= 0.6 is 11.6 Å². The first-order chi connectivity index (χ1) is 11.5. The Morgan fingerprint density at radius 2 is 2.17 bits per heavy atom. The van der Waals surface area contributed by atoms with Gasteiger partial charge < -0.3 is 15.4 Å². The van der Waals surface area contributed by atoms with E-state index in [1.807, 2.05) is 19.1 Å².